The number of para-hydroxylation sites is 1. The molecule has 2 aliphatic heterocycles. The van der Waals surface area contributed by atoms with Gasteiger partial charge in [0.15, 0.2) is 0 Å². The van der Waals surface area contributed by atoms with Gasteiger partial charge in [0.05, 0.1) is 17.8 Å². The Morgan fingerprint density at radius 1 is 1.06 bits per heavy atom. The molecular formula is C14H19BO3. The van der Waals surface area contributed by atoms with Crippen LogP contribution in [0.3, 0.4) is 0 Å². The summed E-state index contributed by atoms with van der Waals surface area (Å²) in [4.78, 5) is 0. The average molecular weight is 246 g/mol. The molecule has 0 radical (unpaired) electrons. The summed E-state index contributed by atoms with van der Waals surface area (Å²) in [7, 11) is -0.331. The van der Waals surface area contributed by atoms with Crippen LogP contribution in [0, 0.1) is 0 Å². The third-order valence-electron chi connectivity index (χ3n) is 4.25. The van der Waals surface area contributed by atoms with Crippen molar-refractivity contribution in [3.8, 4) is 5.75 Å². The molecule has 0 atom stereocenters. The molecule has 0 aliphatic carbocycles. The third kappa shape index (κ3) is 1.67. The predicted octanol–water partition coefficient (Wildman–Crippen LogP) is 1.92. The number of rotatable bonds is 1. The average Bonchev–Trinajstić information content (AvgIpc) is 2.81. The highest BCUT2D eigenvalue weighted by atomic mass is 16.7. The molecule has 0 bridgehead atoms. The number of benzene rings is 1. The lowest BCUT2D eigenvalue weighted by Gasteiger charge is -2.32. The van der Waals surface area contributed by atoms with Gasteiger partial charge in [-0.25, -0.2) is 0 Å². The van der Waals surface area contributed by atoms with Gasteiger partial charge in [0.2, 0.25) is 0 Å². The summed E-state index contributed by atoms with van der Waals surface area (Å²) in [6, 6.07) is 6.19. The first-order valence-electron chi connectivity index (χ1n) is 6.51. The van der Waals surface area contributed by atoms with Crippen molar-refractivity contribution in [3.05, 3.63) is 23.8 Å². The monoisotopic (exact) mass is 246 g/mol. The molecule has 0 spiro atoms. The second-order valence-corrected chi connectivity index (χ2v) is 6.02. The third-order valence-corrected chi connectivity index (χ3v) is 4.25. The van der Waals surface area contributed by atoms with Gasteiger partial charge in [-0.15, -0.1) is 0 Å². The van der Waals surface area contributed by atoms with Crippen LogP contribution in [0.1, 0.15) is 33.3 Å². The van der Waals surface area contributed by atoms with Crippen molar-refractivity contribution in [2.24, 2.45) is 0 Å². The first-order chi connectivity index (χ1) is 8.41. The Bertz CT molecular complexity index is 466. The lowest BCUT2D eigenvalue weighted by molar-refractivity contribution is 0.00578. The van der Waals surface area contributed by atoms with Crippen molar-refractivity contribution < 1.29 is 14.0 Å². The van der Waals surface area contributed by atoms with Crippen LogP contribution in [0.15, 0.2) is 18.2 Å². The fraction of sp³-hybridized carbons (Fsp3) is 0.571. The maximum absolute atomic E-state index is 6.07. The van der Waals surface area contributed by atoms with Crippen molar-refractivity contribution in [2.75, 3.05) is 6.61 Å². The summed E-state index contributed by atoms with van der Waals surface area (Å²) in [5.74, 6) is 0.955. The van der Waals surface area contributed by atoms with Crippen molar-refractivity contribution in [1.29, 1.82) is 0 Å². The Hall–Kier alpha value is -0.995. The van der Waals surface area contributed by atoms with Crippen LogP contribution in [0.4, 0.5) is 0 Å². The van der Waals surface area contributed by atoms with Crippen LogP contribution in [-0.2, 0) is 15.7 Å². The molecule has 2 aliphatic rings. The molecule has 0 aromatic heterocycles. The molecule has 0 amide bonds. The molecule has 0 N–H and O–H groups in total. The fourth-order valence-corrected chi connectivity index (χ4v) is 2.40. The van der Waals surface area contributed by atoms with E-state index in [1.54, 1.807) is 0 Å². The van der Waals surface area contributed by atoms with E-state index in [9.17, 15) is 0 Å². The quantitative estimate of drug-likeness (QED) is 0.708. The molecule has 96 valence electrons. The molecule has 3 nitrogen and oxygen atoms in total. The van der Waals surface area contributed by atoms with Gasteiger partial charge in [-0.05, 0) is 33.3 Å². The zero-order valence-electron chi connectivity index (χ0n) is 11.4. The summed E-state index contributed by atoms with van der Waals surface area (Å²) in [6.45, 7) is 9.02. The Labute approximate surface area is 109 Å². The summed E-state index contributed by atoms with van der Waals surface area (Å²) in [5.41, 5.74) is 1.66. The molecule has 0 unspecified atom stereocenters. The van der Waals surface area contributed by atoms with Crippen LogP contribution in [0.25, 0.3) is 0 Å². The lowest BCUT2D eigenvalue weighted by Crippen LogP contribution is -2.41. The summed E-state index contributed by atoms with van der Waals surface area (Å²) in [6.07, 6.45) is 0.975. The van der Waals surface area contributed by atoms with E-state index in [1.165, 1.54) is 5.56 Å². The highest BCUT2D eigenvalue weighted by Crippen LogP contribution is 2.37. The second kappa shape index (κ2) is 3.75. The highest BCUT2D eigenvalue weighted by Gasteiger charge is 2.52. The zero-order chi connectivity index (χ0) is 13.0. The Morgan fingerprint density at radius 3 is 2.39 bits per heavy atom. The van der Waals surface area contributed by atoms with E-state index >= 15 is 0 Å². The number of ether oxygens (including phenoxy) is 1. The minimum absolute atomic E-state index is 0.307. The van der Waals surface area contributed by atoms with Gasteiger partial charge in [-0.3, -0.25) is 0 Å². The topological polar surface area (TPSA) is 27.7 Å². The highest BCUT2D eigenvalue weighted by molar-refractivity contribution is 6.63. The zero-order valence-corrected chi connectivity index (χ0v) is 11.4. The van der Waals surface area contributed by atoms with Crippen molar-refractivity contribution in [1.82, 2.24) is 0 Å². The van der Waals surface area contributed by atoms with Gasteiger partial charge in [0.25, 0.3) is 0 Å². The molecule has 0 saturated carbocycles. The molecule has 18 heavy (non-hydrogen) atoms. The predicted molar refractivity (Wildman–Crippen MR) is 71.4 cm³/mol. The number of fused-ring (bicyclic) bond motifs is 1. The number of hydrogen-bond donors (Lipinski definition) is 0. The van der Waals surface area contributed by atoms with Crippen LogP contribution >= 0.6 is 0 Å². The van der Waals surface area contributed by atoms with Crippen molar-refractivity contribution >= 4 is 12.6 Å². The van der Waals surface area contributed by atoms with E-state index in [4.69, 9.17) is 14.0 Å². The normalized spacial score (nSPS) is 23.9. The van der Waals surface area contributed by atoms with E-state index in [1.807, 2.05) is 12.1 Å². The van der Waals surface area contributed by atoms with Crippen LogP contribution < -0.4 is 10.2 Å². The largest absolute Gasteiger partial charge is 0.498 e. The van der Waals surface area contributed by atoms with Crippen molar-refractivity contribution in [3.63, 3.8) is 0 Å². The maximum atomic E-state index is 6.07. The first-order valence-corrected chi connectivity index (χ1v) is 6.51. The summed E-state index contributed by atoms with van der Waals surface area (Å²) < 4.78 is 17.9. The molecule has 2 heterocycles. The molecule has 1 fully saturated rings. The first kappa shape index (κ1) is 12.1. The number of hydrogen-bond acceptors (Lipinski definition) is 3. The second-order valence-electron chi connectivity index (χ2n) is 6.02. The van der Waals surface area contributed by atoms with E-state index in [-0.39, 0.29) is 18.3 Å². The van der Waals surface area contributed by atoms with Gasteiger partial charge >= 0.3 is 7.12 Å². The molecule has 3 rings (SSSR count). The minimum atomic E-state index is -0.331. The van der Waals surface area contributed by atoms with Gasteiger partial charge in [0, 0.05) is 11.9 Å². The van der Waals surface area contributed by atoms with Gasteiger partial charge in [-0.2, -0.15) is 0 Å². The van der Waals surface area contributed by atoms with Crippen LogP contribution in [-0.4, -0.2) is 24.9 Å². The molecule has 4 heteroatoms. The standard InChI is InChI=1S/C14H19BO3/c1-13(2)14(3,4)18-15(17-13)11-7-5-6-10-8-9-16-12(10)11/h5-7H,8-9H2,1-4H3. The summed E-state index contributed by atoms with van der Waals surface area (Å²) >= 11 is 0. The molecule has 1 aromatic carbocycles. The van der Waals surface area contributed by atoms with E-state index in [0.717, 1.165) is 24.2 Å². The summed E-state index contributed by atoms with van der Waals surface area (Å²) in [5, 5.41) is 0. The SMILES string of the molecule is CC1(C)OB(c2cccc3c2OCC3)OC1(C)C. The lowest BCUT2D eigenvalue weighted by atomic mass is 9.77. The van der Waals surface area contributed by atoms with Crippen molar-refractivity contribution in [2.45, 2.75) is 45.3 Å². The van der Waals surface area contributed by atoms with Gasteiger partial charge < -0.3 is 14.0 Å². The Balaban J connectivity index is 1.97. The van der Waals surface area contributed by atoms with Gasteiger partial charge in [-0.1, -0.05) is 18.2 Å². The molecule has 1 aromatic rings. The van der Waals surface area contributed by atoms with E-state index in [0.29, 0.717) is 0 Å². The van der Waals surface area contributed by atoms with E-state index in [2.05, 4.69) is 33.8 Å². The minimum Gasteiger partial charge on any atom is -0.493 e. The van der Waals surface area contributed by atoms with Gasteiger partial charge in [0.1, 0.15) is 5.75 Å². The molecule has 1 saturated heterocycles. The van der Waals surface area contributed by atoms with Crippen LogP contribution in [0.2, 0.25) is 0 Å². The van der Waals surface area contributed by atoms with Crippen LogP contribution in [0.5, 0.6) is 5.75 Å². The fourth-order valence-electron chi connectivity index (χ4n) is 2.40. The smallest absolute Gasteiger partial charge is 0.493 e. The van der Waals surface area contributed by atoms with E-state index < -0.39 is 0 Å². The Morgan fingerprint density at radius 2 is 1.72 bits per heavy atom. The Kier molecular flexibility index (Phi) is 2.51. The maximum Gasteiger partial charge on any atom is 0.498 e. The molecular weight excluding hydrogens is 227 g/mol.